The summed E-state index contributed by atoms with van der Waals surface area (Å²) in [5.41, 5.74) is 1.11. The van der Waals surface area contributed by atoms with Crippen molar-refractivity contribution in [1.82, 2.24) is 9.36 Å². The van der Waals surface area contributed by atoms with Crippen molar-refractivity contribution in [2.75, 3.05) is 0 Å². The summed E-state index contributed by atoms with van der Waals surface area (Å²) >= 11 is 4.76. The van der Waals surface area contributed by atoms with Crippen LogP contribution in [0.1, 0.15) is 5.56 Å². The van der Waals surface area contributed by atoms with Gasteiger partial charge in [-0.15, -0.1) is 0 Å². The van der Waals surface area contributed by atoms with E-state index in [2.05, 4.69) is 43.5 Å². The van der Waals surface area contributed by atoms with Crippen LogP contribution in [0.2, 0.25) is 0 Å². The summed E-state index contributed by atoms with van der Waals surface area (Å²) in [7, 11) is 0. The molecule has 2 aromatic heterocycles. The molecule has 5 heteroatoms. The summed E-state index contributed by atoms with van der Waals surface area (Å²) < 4.78 is 10.7. The van der Waals surface area contributed by atoms with Gasteiger partial charge in [-0.3, -0.25) is 4.98 Å². The van der Waals surface area contributed by atoms with Gasteiger partial charge in [0.2, 0.25) is 5.88 Å². The van der Waals surface area contributed by atoms with Crippen molar-refractivity contribution in [3.8, 4) is 5.88 Å². The monoisotopic (exact) mass is 320 g/mol. The fourth-order valence-corrected chi connectivity index (χ4v) is 2.75. The molecule has 3 aromatic rings. The first kappa shape index (κ1) is 11.6. The molecule has 0 aliphatic heterocycles. The van der Waals surface area contributed by atoms with Crippen LogP contribution in [-0.2, 0) is 6.61 Å². The van der Waals surface area contributed by atoms with Gasteiger partial charge >= 0.3 is 0 Å². The fourth-order valence-electron chi connectivity index (χ4n) is 1.69. The van der Waals surface area contributed by atoms with Crippen molar-refractivity contribution in [2.45, 2.75) is 6.61 Å². The lowest BCUT2D eigenvalue weighted by atomic mass is 10.1. The molecule has 0 N–H and O–H groups in total. The van der Waals surface area contributed by atoms with E-state index < -0.39 is 0 Å². The van der Waals surface area contributed by atoms with Gasteiger partial charge in [0.25, 0.3) is 0 Å². The van der Waals surface area contributed by atoms with E-state index in [0.717, 1.165) is 15.4 Å². The van der Waals surface area contributed by atoms with Crippen molar-refractivity contribution >= 4 is 38.2 Å². The number of hydrogen-bond acceptors (Lipinski definition) is 4. The highest BCUT2D eigenvalue weighted by molar-refractivity contribution is 9.10. The van der Waals surface area contributed by atoms with Crippen molar-refractivity contribution in [1.29, 1.82) is 0 Å². The maximum Gasteiger partial charge on any atom is 0.240 e. The van der Waals surface area contributed by atoms with Crippen molar-refractivity contribution < 1.29 is 4.74 Å². The number of hydrogen-bond donors (Lipinski definition) is 0. The minimum absolute atomic E-state index is 0.507. The summed E-state index contributed by atoms with van der Waals surface area (Å²) in [6.07, 6.45) is 3.66. The number of fused-ring (bicyclic) bond motifs is 1. The van der Waals surface area contributed by atoms with Gasteiger partial charge < -0.3 is 4.74 Å². The van der Waals surface area contributed by atoms with Crippen molar-refractivity contribution in [3.05, 3.63) is 52.1 Å². The number of pyridine rings is 1. The van der Waals surface area contributed by atoms with Crippen LogP contribution in [0.15, 0.2) is 46.5 Å². The molecule has 0 aliphatic rings. The summed E-state index contributed by atoms with van der Waals surface area (Å²) in [6, 6.07) is 8.22. The van der Waals surface area contributed by atoms with Crippen LogP contribution in [0, 0.1) is 0 Å². The maximum atomic E-state index is 5.64. The number of rotatable bonds is 3. The highest BCUT2D eigenvalue weighted by Gasteiger charge is 2.04. The molecule has 90 valence electrons. The van der Waals surface area contributed by atoms with Crippen LogP contribution in [0.25, 0.3) is 10.8 Å². The Labute approximate surface area is 117 Å². The predicted molar refractivity (Wildman–Crippen MR) is 75.9 cm³/mol. The lowest BCUT2D eigenvalue weighted by molar-refractivity contribution is 0.295. The second-order valence-electron chi connectivity index (χ2n) is 3.81. The summed E-state index contributed by atoms with van der Waals surface area (Å²) in [6.45, 7) is 0.507. The molecular weight excluding hydrogens is 312 g/mol. The third-order valence-corrected chi connectivity index (χ3v) is 4.06. The minimum atomic E-state index is 0.507. The Kier molecular flexibility index (Phi) is 3.25. The highest BCUT2D eigenvalue weighted by atomic mass is 79.9. The summed E-state index contributed by atoms with van der Waals surface area (Å²) in [5.74, 6) is 0.645. The van der Waals surface area contributed by atoms with E-state index in [1.54, 1.807) is 6.20 Å². The molecule has 0 amide bonds. The number of nitrogens with zero attached hydrogens (tertiary/aromatic N) is 2. The summed E-state index contributed by atoms with van der Waals surface area (Å²) in [4.78, 5) is 4.12. The van der Waals surface area contributed by atoms with Crippen LogP contribution in [0.4, 0.5) is 0 Å². The van der Waals surface area contributed by atoms with Gasteiger partial charge in [0.05, 0.1) is 4.47 Å². The normalized spacial score (nSPS) is 10.7. The van der Waals surface area contributed by atoms with Gasteiger partial charge in [-0.2, -0.15) is 4.37 Å². The smallest absolute Gasteiger partial charge is 0.240 e. The van der Waals surface area contributed by atoms with E-state index in [9.17, 15) is 0 Å². The quantitative estimate of drug-likeness (QED) is 0.730. The van der Waals surface area contributed by atoms with Crippen molar-refractivity contribution in [3.63, 3.8) is 0 Å². The Morgan fingerprint density at radius 1 is 1.22 bits per heavy atom. The topological polar surface area (TPSA) is 35.0 Å². The lowest BCUT2D eigenvalue weighted by Gasteiger charge is -2.05. The number of ether oxygens (including phenoxy) is 1. The average molecular weight is 321 g/mol. The second-order valence-corrected chi connectivity index (χ2v) is 5.30. The zero-order chi connectivity index (χ0) is 12.4. The second kappa shape index (κ2) is 5.04. The first-order chi connectivity index (χ1) is 8.83. The predicted octanol–water partition coefficient (Wildman–Crippen LogP) is 4.03. The van der Waals surface area contributed by atoms with Gasteiger partial charge in [-0.05, 0) is 50.5 Å². The number of benzene rings is 1. The van der Waals surface area contributed by atoms with E-state index in [4.69, 9.17) is 4.74 Å². The van der Waals surface area contributed by atoms with Gasteiger partial charge in [-0.25, -0.2) is 0 Å². The molecule has 0 bridgehead atoms. The highest BCUT2D eigenvalue weighted by Crippen LogP contribution is 2.26. The van der Waals surface area contributed by atoms with Gasteiger partial charge in [0.15, 0.2) is 0 Å². The Hall–Kier alpha value is -1.46. The molecule has 18 heavy (non-hydrogen) atoms. The molecule has 2 heterocycles. The Morgan fingerprint density at radius 3 is 3.00 bits per heavy atom. The van der Waals surface area contributed by atoms with Crippen LogP contribution in [0.3, 0.4) is 0 Å². The van der Waals surface area contributed by atoms with E-state index in [0.29, 0.717) is 12.5 Å². The molecule has 0 saturated heterocycles. The van der Waals surface area contributed by atoms with E-state index >= 15 is 0 Å². The van der Waals surface area contributed by atoms with E-state index in [1.807, 2.05) is 17.6 Å². The molecule has 0 atom stereocenters. The zero-order valence-corrected chi connectivity index (χ0v) is 11.7. The molecule has 0 spiro atoms. The third-order valence-electron chi connectivity index (χ3n) is 2.58. The standard InChI is InChI=1S/C13H9BrN2OS/c14-12-8-18-16-13(12)17-7-9-1-2-10-3-4-15-6-11(10)5-9/h1-6,8H,7H2. The van der Waals surface area contributed by atoms with Crippen LogP contribution < -0.4 is 4.74 Å². The Bertz CT molecular complexity index is 683. The van der Waals surface area contributed by atoms with Gasteiger partial charge in [-0.1, -0.05) is 12.1 Å². The van der Waals surface area contributed by atoms with Gasteiger partial charge in [0.1, 0.15) is 6.61 Å². The van der Waals surface area contributed by atoms with E-state index in [1.165, 1.54) is 16.9 Å². The molecule has 0 fully saturated rings. The molecular formula is C13H9BrN2OS. The average Bonchev–Trinajstić information content (AvgIpc) is 2.82. The fraction of sp³-hybridized carbons (Fsp3) is 0.0769. The first-order valence-corrected chi connectivity index (χ1v) is 7.01. The summed E-state index contributed by atoms with van der Waals surface area (Å²) in [5, 5.41) is 4.21. The molecule has 1 aromatic carbocycles. The molecule has 0 saturated carbocycles. The van der Waals surface area contributed by atoms with E-state index in [-0.39, 0.29) is 0 Å². The maximum absolute atomic E-state index is 5.64. The molecule has 0 aliphatic carbocycles. The van der Waals surface area contributed by atoms with Crippen LogP contribution >= 0.6 is 27.5 Å². The third kappa shape index (κ3) is 2.37. The largest absolute Gasteiger partial charge is 0.471 e. The van der Waals surface area contributed by atoms with Crippen molar-refractivity contribution in [2.24, 2.45) is 0 Å². The minimum Gasteiger partial charge on any atom is -0.471 e. The number of aromatic nitrogens is 2. The van der Waals surface area contributed by atoms with Crippen LogP contribution in [-0.4, -0.2) is 9.36 Å². The Balaban J connectivity index is 1.81. The molecule has 3 rings (SSSR count). The molecule has 0 radical (unpaired) electrons. The molecule has 0 unspecified atom stereocenters. The Morgan fingerprint density at radius 2 is 2.17 bits per heavy atom. The first-order valence-electron chi connectivity index (χ1n) is 5.38. The number of halogens is 1. The molecule has 3 nitrogen and oxygen atoms in total. The SMILES string of the molecule is Brc1csnc1OCc1ccc2ccncc2c1. The van der Waals surface area contributed by atoms with Gasteiger partial charge in [0, 0.05) is 23.2 Å². The zero-order valence-electron chi connectivity index (χ0n) is 9.34. The van der Waals surface area contributed by atoms with Crippen LogP contribution in [0.5, 0.6) is 5.88 Å². The lowest BCUT2D eigenvalue weighted by Crippen LogP contribution is -1.95.